The lowest BCUT2D eigenvalue weighted by Gasteiger charge is -2.12. The van der Waals surface area contributed by atoms with E-state index in [1.807, 2.05) is 13.8 Å². The van der Waals surface area contributed by atoms with Crippen molar-refractivity contribution in [2.45, 2.75) is 20.8 Å². The molecule has 3 rings (SSSR count). The molecular formula is C15H16N4OS. The molecule has 2 heterocycles. The normalized spacial score (nSPS) is 11.0. The van der Waals surface area contributed by atoms with Gasteiger partial charge in [-0.1, -0.05) is 0 Å². The summed E-state index contributed by atoms with van der Waals surface area (Å²) >= 11 is 1.66. The molecule has 5 nitrogen and oxygen atoms in total. The van der Waals surface area contributed by atoms with Crippen LogP contribution in [-0.2, 0) is 7.05 Å². The molecule has 0 fully saturated rings. The molecule has 0 saturated carbocycles. The van der Waals surface area contributed by atoms with E-state index in [0.29, 0.717) is 5.56 Å². The third-order valence-electron chi connectivity index (χ3n) is 3.49. The van der Waals surface area contributed by atoms with Crippen LogP contribution in [0.3, 0.4) is 0 Å². The Kier molecular flexibility index (Phi) is 3.25. The largest absolute Gasteiger partial charge is 0.354 e. The molecule has 1 aromatic carbocycles. The third-order valence-corrected chi connectivity index (χ3v) is 4.42. The number of hydrogen-bond acceptors (Lipinski definition) is 5. The Morgan fingerprint density at radius 1 is 1.19 bits per heavy atom. The van der Waals surface area contributed by atoms with Crippen molar-refractivity contribution in [1.82, 2.24) is 14.8 Å². The van der Waals surface area contributed by atoms with Crippen LogP contribution < -0.4 is 10.9 Å². The number of nitrogens with zero attached hydrogens (tertiary/aromatic N) is 3. The monoisotopic (exact) mass is 300 g/mol. The number of thiazole rings is 1. The van der Waals surface area contributed by atoms with Gasteiger partial charge in [0.1, 0.15) is 0 Å². The summed E-state index contributed by atoms with van der Waals surface area (Å²) in [6, 6.07) is 4.14. The molecule has 0 saturated heterocycles. The van der Waals surface area contributed by atoms with E-state index in [0.717, 1.165) is 32.2 Å². The smallest absolute Gasteiger partial charge is 0.271 e. The van der Waals surface area contributed by atoms with Gasteiger partial charge in [-0.25, -0.2) is 9.67 Å². The first-order valence-electron chi connectivity index (χ1n) is 6.63. The Bertz CT molecular complexity index is 895. The van der Waals surface area contributed by atoms with Gasteiger partial charge in [-0.15, -0.1) is 11.3 Å². The number of nitrogens with one attached hydrogen (secondary N) is 1. The van der Waals surface area contributed by atoms with Crippen molar-refractivity contribution in [2.75, 3.05) is 5.32 Å². The molecule has 0 atom stereocenters. The topological polar surface area (TPSA) is 59.8 Å². The maximum atomic E-state index is 11.9. The van der Waals surface area contributed by atoms with Crippen LogP contribution in [-0.4, -0.2) is 14.8 Å². The fraction of sp³-hybridized carbons (Fsp3) is 0.267. The lowest BCUT2D eigenvalue weighted by atomic mass is 10.1. The molecule has 1 N–H and O–H groups in total. The van der Waals surface area contributed by atoms with Gasteiger partial charge in [0.05, 0.1) is 27.1 Å². The van der Waals surface area contributed by atoms with Crippen LogP contribution in [0.15, 0.2) is 23.1 Å². The second kappa shape index (κ2) is 4.96. The van der Waals surface area contributed by atoms with Gasteiger partial charge in [0.15, 0.2) is 0 Å². The molecule has 0 amide bonds. The van der Waals surface area contributed by atoms with E-state index in [-0.39, 0.29) is 5.56 Å². The zero-order valence-corrected chi connectivity index (χ0v) is 13.2. The van der Waals surface area contributed by atoms with Crippen LogP contribution in [0.5, 0.6) is 0 Å². The molecule has 0 radical (unpaired) electrons. The summed E-state index contributed by atoms with van der Waals surface area (Å²) in [7, 11) is 1.65. The fourth-order valence-electron chi connectivity index (χ4n) is 2.25. The SMILES string of the molecule is Cc1nc2cc(C)c(Nc3cnn(C)c(=O)c3C)cc2s1. The molecule has 6 heteroatoms. The van der Waals surface area contributed by atoms with Crippen LogP contribution in [0.4, 0.5) is 11.4 Å². The zero-order chi connectivity index (χ0) is 15.1. The number of aryl methyl sites for hydroxylation is 3. The van der Waals surface area contributed by atoms with E-state index in [4.69, 9.17) is 0 Å². The van der Waals surface area contributed by atoms with E-state index >= 15 is 0 Å². The molecule has 0 unspecified atom stereocenters. The Morgan fingerprint density at radius 2 is 1.95 bits per heavy atom. The van der Waals surface area contributed by atoms with Gasteiger partial charge in [-0.05, 0) is 38.5 Å². The van der Waals surface area contributed by atoms with E-state index in [9.17, 15) is 4.79 Å². The Balaban J connectivity index is 2.07. The van der Waals surface area contributed by atoms with E-state index in [2.05, 4.69) is 27.5 Å². The minimum absolute atomic E-state index is 0.0904. The number of aromatic nitrogens is 3. The first-order chi connectivity index (χ1) is 9.95. The second-order valence-electron chi connectivity index (χ2n) is 5.10. The highest BCUT2D eigenvalue weighted by atomic mass is 32.1. The lowest BCUT2D eigenvalue weighted by Crippen LogP contribution is -2.22. The van der Waals surface area contributed by atoms with Crippen LogP contribution in [0.1, 0.15) is 16.1 Å². The van der Waals surface area contributed by atoms with Crippen molar-refractivity contribution in [3.05, 3.63) is 44.8 Å². The highest BCUT2D eigenvalue weighted by molar-refractivity contribution is 7.18. The number of benzene rings is 1. The van der Waals surface area contributed by atoms with Crippen molar-refractivity contribution in [3.8, 4) is 0 Å². The second-order valence-corrected chi connectivity index (χ2v) is 6.34. The molecule has 0 bridgehead atoms. The summed E-state index contributed by atoms with van der Waals surface area (Å²) in [5.41, 5.74) is 4.39. The van der Waals surface area contributed by atoms with Crippen molar-refractivity contribution in [2.24, 2.45) is 7.05 Å². The third kappa shape index (κ3) is 2.42. The maximum Gasteiger partial charge on any atom is 0.271 e. The van der Waals surface area contributed by atoms with Crippen LogP contribution in [0.2, 0.25) is 0 Å². The molecule has 108 valence electrons. The zero-order valence-electron chi connectivity index (χ0n) is 12.4. The van der Waals surface area contributed by atoms with Gasteiger partial charge in [-0.3, -0.25) is 4.79 Å². The van der Waals surface area contributed by atoms with Crippen molar-refractivity contribution < 1.29 is 0 Å². The van der Waals surface area contributed by atoms with Gasteiger partial charge < -0.3 is 5.32 Å². The van der Waals surface area contributed by atoms with Crippen LogP contribution >= 0.6 is 11.3 Å². The Morgan fingerprint density at radius 3 is 2.71 bits per heavy atom. The van der Waals surface area contributed by atoms with Gasteiger partial charge in [0.2, 0.25) is 0 Å². The number of fused-ring (bicyclic) bond motifs is 1. The summed E-state index contributed by atoms with van der Waals surface area (Å²) in [6.07, 6.45) is 1.68. The predicted octanol–water partition coefficient (Wildman–Crippen LogP) is 3.06. The fourth-order valence-corrected chi connectivity index (χ4v) is 3.10. The molecule has 21 heavy (non-hydrogen) atoms. The predicted molar refractivity (Wildman–Crippen MR) is 86.6 cm³/mol. The van der Waals surface area contributed by atoms with Crippen LogP contribution in [0.25, 0.3) is 10.2 Å². The molecule has 2 aromatic heterocycles. The average molecular weight is 300 g/mol. The molecule has 0 aliphatic rings. The van der Waals surface area contributed by atoms with Gasteiger partial charge >= 0.3 is 0 Å². The van der Waals surface area contributed by atoms with E-state index < -0.39 is 0 Å². The summed E-state index contributed by atoms with van der Waals surface area (Å²) < 4.78 is 2.47. The summed E-state index contributed by atoms with van der Waals surface area (Å²) in [5, 5.41) is 8.43. The lowest BCUT2D eigenvalue weighted by molar-refractivity contribution is 0.702. The number of rotatable bonds is 2. The highest BCUT2D eigenvalue weighted by Gasteiger charge is 2.09. The first-order valence-corrected chi connectivity index (χ1v) is 7.45. The van der Waals surface area contributed by atoms with Gasteiger partial charge in [-0.2, -0.15) is 5.10 Å². The van der Waals surface area contributed by atoms with Gasteiger partial charge in [0, 0.05) is 18.3 Å². The van der Waals surface area contributed by atoms with Crippen molar-refractivity contribution in [3.63, 3.8) is 0 Å². The maximum absolute atomic E-state index is 11.9. The van der Waals surface area contributed by atoms with Crippen LogP contribution in [0, 0.1) is 20.8 Å². The number of hydrogen-bond donors (Lipinski definition) is 1. The minimum atomic E-state index is -0.0904. The molecule has 0 aliphatic heterocycles. The number of anilines is 2. The first kappa shape index (κ1) is 13.8. The Hall–Kier alpha value is -2.21. The van der Waals surface area contributed by atoms with E-state index in [1.165, 1.54) is 4.68 Å². The summed E-state index contributed by atoms with van der Waals surface area (Å²) in [5.74, 6) is 0. The minimum Gasteiger partial charge on any atom is -0.354 e. The molecule has 3 aromatic rings. The van der Waals surface area contributed by atoms with Crippen molar-refractivity contribution >= 4 is 32.9 Å². The average Bonchev–Trinajstić information content (AvgIpc) is 2.79. The van der Waals surface area contributed by atoms with Gasteiger partial charge in [0.25, 0.3) is 5.56 Å². The van der Waals surface area contributed by atoms with E-state index in [1.54, 1.807) is 31.5 Å². The standard InChI is InChI=1S/C15H16N4OS/c1-8-5-12-14(21-10(3)17-12)6-11(8)18-13-7-16-19(4)15(20)9(13)2/h5-7,18H,1-4H3. The quantitative estimate of drug-likeness (QED) is 0.790. The Labute approximate surface area is 126 Å². The molecular weight excluding hydrogens is 284 g/mol. The summed E-state index contributed by atoms with van der Waals surface area (Å²) in [6.45, 7) is 5.83. The summed E-state index contributed by atoms with van der Waals surface area (Å²) in [4.78, 5) is 16.4. The van der Waals surface area contributed by atoms with Crippen molar-refractivity contribution in [1.29, 1.82) is 0 Å². The highest BCUT2D eigenvalue weighted by Crippen LogP contribution is 2.29. The molecule has 0 spiro atoms. The molecule has 0 aliphatic carbocycles.